The van der Waals surface area contributed by atoms with Crippen LogP contribution in [0.25, 0.3) is 34.2 Å². The summed E-state index contributed by atoms with van der Waals surface area (Å²) in [5, 5.41) is 17.7. The second kappa shape index (κ2) is 7.87. The number of amides is 1. The van der Waals surface area contributed by atoms with E-state index in [0.29, 0.717) is 23.6 Å². The second-order valence-corrected chi connectivity index (χ2v) is 6.39. The molecule has 0 unspecified atom stereocenters. The minimum absolute atomic E-state index is 0.0109. The van der Waals surface area contributed by atoms with E-state index in [0.717, 1.165) is 16.7 Å². The first kappa shape index (κ1) is 18.3. The SMILES string of the molecule is CCNC(=O)C(C#N)=Cc1cn(-c2ccccc2)nc1-c1cc2ccccc2o1. The fourth-order valence-corrected chi connectivity index (χ4v) is 3.06. The summed E-state index contributed by atoms with van der Waals surface area (Å²) in [5.41, 5.74) is 2.80. The van der Waals surface area contributed by atoms with Crippen LogP contribution in [0.15, 0.2) is 76.9 Å². The third kappa shape index (κ3) is 3.66. The van der Waals surface area contributed by atoms with Gasteiger partial charge >= 0.3 is 0 Å². The van der Waals surface area contributed by atoms with Gasteiger partial charge in [-0.1, -0.05) is 36.4 Å². The lowest BCUT2D eigenvalue weighted by atomic mass is 10.1. The first-order valence-electron chi connectivity index (χ1n) is 9.23. The van der Waals surface area contributed by atoms with Crippen LogP contribution < -0.4 is 5.32 Å². The predicted octanol–water partition coefficient (Wildman–Crippen LogP) is 4.33. The smallest absolute Gasteiger partial charge is 0.261 e. The van der Waals surface area contributed by atoms with Crippen molar-refractivity contribution in [2.45, 2.75) is 6.92 Å². The topological polar surface area (TPSA) is 83.9 Å². The first-order chi connectivity index (χ1) is 14.2. The molecule has 142 valence electrons. The van der Waals surface area contributed by atoms with Gasteiger partial charge in [0.2, 0.25) is 0 Å². The third-order valence-corrected chi connectivity index (χ3v) is 4.42. The summed E-state index contributed by atoms with van der Waals surface area (Å²) in [7, 11) is 0. The molecule has 0 saturated heterocycles. The molecule has 1 N–H and O–H groups in total. The molecule has 0 spiro atoms. The number of fused-ring (bicyclic) bond motifs is 1. The zero-order chi connectivity index (χ0) is 20.2. The molecule has 2 aromatic carbocycles. The van der Waals surface area contributed by atoms with Gasteiger partial charge in [-0.2, -0.15) is 10.4 Å². The first-order valence-corrected chi connectivity index (χ1v) is 9.23. The molecule has 0 aliphatic carbocycles. The molecule has 0 radical (unpaired) electrons. The number of carbonyl (C=O) groups excluding carboxylic acids is 1. The van der Waals surface area contributed by atoms with Crippen molar-refractivity contribution >= 4 is 23.0 Å². The molecule has 0 fully saturated rings. The number of para-hydroxylation sites is 2. The van der Waals surface area contributed by atoms with E-state index < -0.39 is 5.91 Å². The molecule has 6 heteroatoms. The Morgan fingerprint density at radius 3 is 2.69 bits per heavy atom. The Balaban J connectivity index is 1.87. The predicted molar refractivity (Wildman–Crippen MR) is 111 cm³/mol. The van der Waals surface area contributed by atoms with Gasteiger partial charge in [0.15, 0.2) is 5.76 Å². The zero-order valence-corrected chi connectivity index (χ0v) is 15.8. The Kier molecular flexibility index (Phi) is 4.95. The lowest BCUT2D eigenvalue weighted by Gasteiger charge is -1.99. The van der Waals surface area contributed by atoms with Crippen LogP contribution in [-0.2, 0) is 4.79 Å². The molecule has 0 aliphatic heterocycles. The highest BCUT2D eigenvalue weighted by Gasteiger charge is 2.17. The largest absolute Gasteiger partial charge is 0.454 e. The van der Waals surface area contributed by atoms with E-state index >= 15 is 0 Å². The Morgan fingerprint density at radius 1 is 1.21 bits per heavy atom. The Bertz CT molecular complexity index is 1210. The lowest BCUT2D eigenvalue weighted by molar-refractivity contribution is -0.116. The number of nitrogens with zero attached hydrogens (tertiary/aromatic N) is 3. The number of hydrogen-bond donors (Lipinski definition) is 1. The van der Waals surface area contributed by atoms with E-state index in [1.165, 1.54) is 0 Å². The van der Waals surface area contributed by atoms with Crippen molar-refractivity contribution in [1.82, 2.24) is 15.1 Å². The van der Waals surface area contributed by atoms with Crippen molar-refractivity contribution in [2.24, 2.45) is 0 Å². The van der Waals surface area contributed by atoms with Crippen molar-refractivity contribution in [3.05, 3.63) is 78.0 Å². The quantitative estimate of drug-likeness (QED) is 0.411. The molecule has 0 aliphatic rings. The van der Waals surface area contributed by atoms with E-state index in [1.807, 2.05) is 66.7 Å². The van der Waals surface area contributed by atoms with Crippen LogP contribution in [0, 0.1) is 11.3 Å². The number of rotatable bonds is 5. The summed E-state index contributed by atoms with van der Waals surface area (Å²) >= 11 is 0. The van der Waals surface area contributed by atoms with Crippen LogP contribution in [0.1, 0.15) is 12.5 Å². The minimum Gasteiger partial charge on any atom is -0.454 e. The van der Waals surface area contributed by atoms with Crippen LogP contribution in [0.3, 0.4) is 0 Å². The van der Waals surface area contributed by atoms with Crippen LogP contribution in [0.5, 0.6) is 0 Å². The molecule has 2 heterocycles. The second-order valence-electron chi connectivity index (χ2n) is 6.39. The zero-order valence-electron chi connectivity index (χ0n) is 15.8. The maximum atomic E-state index is 12.2. The molecule has 4 aromatic rings. The Labute approximate surface area is 167 Å². The van der Waals surface area contributed by atoms with Crippen molar-refractivity contribution in [2.75, 3.05) is 6.54 Å². The highest BCUT2D eigenvalue weighted by molar-refractivity contribution is 6.02. The number of likely N-dealkylation sites (N-methyl/N-ethyl adjacent to an activating group) is 1. The number of nitriles is 1. The fourth-order valence-electron chi connectivity index (χ4n) is 3.06. The Hall–Kier alpha value is -4.11. The van der Waals surface area contributed by atoms with Gasteiger partial charge < -0.3 is 9.73 Å². The number of benzene rings is 2. The number of carbonyl (C=O) groups is 1. The van der Waals surface area contributed by atoms with Gasteiger partial charge in [-0.05, 0) is 37.3 Å². The van der Waals surface area contributed by atoms with E-state index in [-0.39, 0.29) is 5.57 Å². The van der Waals surface area contributed by atoms with Crippen molar-refractivity contribution < 1.29 is 9.21 Å². The average Bonchev–Trinajstić information content (AvgIpc) is 3.36. The molecular formula is C23H18N4O2. The van der Waals surface area contributed by atoms with Gasteiger partial charge in [0.1, 0.15) is 22.9 Å². The van der Waals surface area contributed by atoms with Crippen molar-refractivity contribution in [3.8, 4) is 23.2 Å². The molecule has 0 saturated carbocycles. The maximum absolute atomic E-state index is 12.2. The minimum atomic E-state index is -0.419. The Morgan fingerprint density at radius 2 is 1.97 bits per heavy atom. The molecule has 2 aromatic heterocycles. The molecule has 6 nitrogen and oxygen atoms in total. The monoisotopic (exact) mass is 382 g/mol. The van der Waals surface area contributed by atoms with Gasteiger partial charge in [-0.3, -0.25) is 4.79 Å². The number of aromatic nitrogens is 2. The van der Waals surface area contributed by atoms with Crippen molar-refractivity contribution in [3.63, 3.8) is 0 Å². The van der Waals surface area contributed by atoms with Gasteiger partial charge in [0.25, 0.3) is 5.91 Å². The molecule has 0 atom stereocenters. The molecular weight excluding hydrogens is 364 g/mol. The third-order valence-electron chi connectivity index (χ3n) is 4.42. The van der Waals surface area contributed by atoms with Crippen LogP contribution in [0.2, 0.25) is 0 Å². The molecule has 29 heavy (non-hydrogen) atoms. The fraction of sp³-hybridized carbons (Fsp3) is 0.0870. The van der Waals surface area contributed by atoms with Crippen LogP contribution >= 0.6 is 0 Å². The summed E-state index contributed by atoms with van der Waals surface area (Å²) in [6.07, 6.45) is 3.33. The van der Waals surface area contributed by atoms with Gasteiger partial charge in [0.05, 0.1) is 5.69 Å². The van der Waals surface area contributed by atoms with E-state index in [2.05, 4.69) is 10.4 Å². The molecule has 1 amide bonds. The normalized spacial score (nSPS) is 11.4. The lowest BCUT2D eigenvalue weighted by Crippen LogP contribution is -2.23. The number of hydrogen-bond acceptors (Lipinski definition) is 4. The maximum Gasteiger partial charge on any atom is 0.261 e. The number of nitrogens with one attached hydrogen (secondary N) is 1. The number of furan rings is 1. The van der Waals surface area contributed by atoms with Gasteiger partial charge in [0, 0.05) is 23.7 Å². The van der Waals surface area contributed by atoms with E-state index in [1.54, 1.807) is 23.9 Å². The van der Waals surface area contributed by atoms with Crippen LogP contribution in [-0.4, -0.2) is 22.2 Å². The summed E-state index contributed by atoms with van der Waals surface area (Å²) in [6, 6.07) is 21.2. The van der Waals surface area contributed by atoms with Crippen LogP contribution in [0.4, 0.5) is 0 Å². The highest BCUT2D eigenvalue weighted by Crippen LogP contribution is 2.31. The summed E-state index contributed by atoms with van der Waals surface area (Å²) in [6.45, 7) is 2.25. The summed E-state index contributed by atoms with van der Waals surface area (Å²) in [5.74, 6) is 0.151. The van der Waals surface area contributed by atoms with Gasteiger partial charge in [-0.15, -0.1) is 0 Å². The standard InChI is InChI=1S/C23H18N4O2/c1-2-25-23(28)17(14-24)12-18-15-27(19-9-4-3-5-10-19)26-22(18)21-13-16-8-6-7-11-20(16)29-21/h3-13,15H,2H2,1H3,(H,25,28). The molecule has 0 bridgehead atoms. The van der Waals surface area contributed by atoms with Gasteiger partial charge in [-0.25, -0.2) is 4.68 Å². The van der Waals surface area contributed by atoms with E-state index in [9.17, 15) is 10.1 Å². The summed E-state index contributed by atoms with van der Waals surface area (Å²) < 4.78 is 7.69. The average molecular weight is 382 g/mol. The highest BCUT2D eigenvalue weighted by atomic mass is 16.3. The summed E-state index contributed by atoms with van der Waals surface area (Å²) in [4.78, 5) is 12.2. The molecule has 4 rings (SSSR count). The van der Waals surface area contributed by atoms with E-state index in [4.69, 9.17) is 4.42 Å². The van der Waals surface area contributed by atoms with Crippen molar-refractivity contribution in [1.29, 1.82) is 5.26 Å².